The normalized spacial score (nSPS) is 28.5. The van der Waals surface area contributed by atoms with E-state index in [1.54, 1.807) is 0 Å². The van der Waals surface area contributed by atoms with Crippen molar-refractivity contribution >= 4 is 10.0 Å². The van der Waals surface area contributed by atoms with Gasteiger partial charge >= 0.3 is 0 Å². The Labute approximate surface area is 166 Å². The number of nitrogens with zero attached hydrogens (tertiary/aromatic N) is 3. The van der Waals surface area contributed by atoms with E-state index in [4.69, 9.17) is 0 Å². The van der Waals surface area contributed by atoms with Gasteiger partial charge in [0, 0.05) is 44.2 Å². The van der Waals surface area contributed by atoms with Gasteiger partial charge in [0.15, 0.2) is 0 Å². The lowest BCUT2D eigenvalue weighted by molar-refractivity contribution is -0.0253. The van der Waals surface area contributed by atoms with E-state index in [2.05, 4.69) is 16.3 Å². The van der Waals surface area contributed by atoms with Gasteiger partial charge in [-0.3, -0.25) is 4.90 Å². The Balaban J connectivity index is 1.28. The number of likely N-dealkylation sites (tertiary alicyclic amines) is 1. The van der Waals surface area contributed by atoms with Crippen LogP contribution < -0.4 is 5.32 Å². The minimum absolute atomic E-state index is 0.196. The lowest BCUT2D eigenvalue weighted by Gasteiger charge is -2.55. The Morgan fingerprint density at radius 2 is 1.89 bits per heavy atom. The molecule has 0 unspecified atom stereocenters. The van der Waals surface area contributed by atoms with Crippen LogP contribution in [-0.2, 0) is 10.0 Å². The fourth-order valence-corrected chi connectivity index (χ4v) is 5.65. The van der Waals surface area contributed by atoms with E-state index in [1.807, 2.05) is 12.1 Å². The number of nitriles is 1. The predicted molar refractivity (Wildman–Crippen MR) is 105 cm³/mol. The number of piperidine rings is 1. The fourth-order valence-electron chi connectivity index (χ4n) is 4.70. The van der Waals surface area contributed by atoms with E-state index in [-0.39, 0.29) is 11.4 Å². The summed E-state index contributed by atoms with van der Waals surface area (Å²) in [6, 6.07) is 9.95. The van der Waals surface area contributed by atoms with Gasteiger partial charge in [-0.05, 0) is 37.0 Å². The summed E-state index contributed by atoms with van der Waals surface area (Å²) in [5, 5.41) is 13.0. The molecule has 6 nitrogen and oxygen atoms in total. The van der Waals surface area contributed by atoms with Crippen LogP contribution in [-0.4, -0.2) is 67.7 Å². The SMILES string of the molecule is CS(=O)(=O)N1CC(CC#N)(N2CCC(N[C@@H]3C[C@H]3c3ccc(F)cc3)CC2)C1. The molecule has 0 radical (unpaired) electrons. The van der Waals surface area contributed by atoms with Gasteiger partial charge in [-0.2, -0.15) is 9.57 Å². The molecule has 1 aromatic rings. The zero-order valence-corrected chi connectivity index (χ0v) is 17.0. The van der Waals surface area contributed by atoms with Crippen molar-refractivity contribution < 1.29 is 12.8 Å². The molecule has 1 aromatic carbocycles. The summed E-state index contributed by atoms with van der Waals surface area (Å²) in [5.41, 5.74) is 0.874. The maximum Gasteiger partial charge on any atom is 0.211 e. The van der Waals surface area contributed by atoms with Crippen LogP contribution in [0.25, 0.3) is 0 Å². The van der Waals surface area contributed by atoms with E-state index in [0.717, 1.165) is 32.4 Å². The van der Waals surface area contributed by atoms with Crippen molar-refractivity contribution in [2.75, 3.05) is 32.4 Å². The van der Waals surface area contributed by atoms with Gasteiger partial charge in [0.2, 0.25) is 10.0 Å². The molecule has 3 aliphatic rings. The topological polar surface area (TPSA) is 76.4 Å². The molecule has 0 bridgehead atoms. The summed E-state index contributed by atoms with van der Waals surface area (Å²) in [6.07, 6.45) is 4.68. The van der Waals surface area contributed by atoms with Crippen LogP contribution in [0, 0.1) is 17.1 Å². The second-order valence-corrected chi connectivity index (χ2v) is 10.5. The number of hydrogen-bond donors (Lipinski definition) is 1. The van der Waals surface area contributed by atoms with E-state index in [9.17, 15) is 18.1 Å². The Morgan fingerprint density at radius 3 is 2.46 bits per heavy atom. The summed E-state index contributed by atoms with van der Waals surface area (Å²) >= 11 is 0. The fraction of sp³-hybridized carbons (Fsp3) is 0.650. The minimum Gasteiger partial charge on any atom is -0.311 e. The molecule has 4 rings (SSSR count). The van der Waals surface area contributed by atoms with Crippen LogP contribution in [0.3, 0.4) is 0 Å². The number of sulfonamides is 1. The number of nitrogens with one attached hydrogen (secondary N) is 1. The number of halogens is 1. The quantitative estimate of drug-likeness (QED) is 0.778. The third kappa shape index (κ3) is 3.94. The lowest BCUT2D eigenvalue weighted by Crippen LogP contribution is -2.72. The molecule has 2 saturated heterocycles. The van der Waals surface area contributed by atoms with Crippen molar-refractivity contribution in [3.8, 4) is 6.07 Å². The monoisotopic (exact) mass is 406 g/mol. The van der Waals surface area contributed by atoms with Crippen molar-refractivity contribution in [3.05, 3.63) is 35.6 Å². The summed E-state index contributed by atoms with van der Waals surface area (Å²) in [6.45, 7) is 2.61. The van der Waals surface area contributed by atoms with Crippen LogP contribution in [0.1, 0.15) is 37.2 Å². The molecular weight excluding hydrogens is 379 g/mol. The lowest BCUT2D eigenvalue weighted by atomic mass is 9.84. The van der Waals surface area contributed by atoms with Gasteiger partial charge in [-0.15, -0.1) is 0 Å². The maximum atomic E-state index is 13.1. The van der Waals surface area contributed by atoms with E-state index >= 15 is 0 Å². The molecule has 3 fully saturated rings. The standard InChI is InChI=1S/C20H27FN4O2S/c1-28(26,27)25-13-20(14-25,8-9-22)24-10-6-17(7-11-24)23-19-12-18(19)15-2-4-16(21)5-3-15/h2-5,17-19,23H,6-8,10-14H2,1H3/t18-,19+/m0/s1. The Kier molecular flexibility index (Phi) is 5.21. The molecule has 1 aliphatic carbocycles. The summed E-state index contributed by atoms with van der Waals surface area (Å²) in [4.78, 5) is 2.32. The zero-order chi connectivity index (χ0) is 19.9. The van der Waals surface area contributed by atoms with E-state index in [1.165, 1.54) is 28.3 Å². The largest absolute Gasteiger partial charge is 0.311 e. The third-order valence-corrected chi connectivity index (χ3v) is 7.72. The van der Waals surface area contributed by atoms with Crippen LogP contribution >= 0.6 is 0 Å². The molecule has 28 heavy (non-hydrogen) atoms. The van der Waals surface area contributed by atoms with Gasteiger partial charge in [0.1, 0.15) is 5.82 Å². The van der Waals surface area contributed by atoms with Crippen LogP contribution in [0.5, 0.6) is 0 Å². The molecule has 2 atom stereocenters. The summed E-state index contributed by atoms with van der Waals surface area (Å²) in [5.74, 6) is 0.275. The average molecular weight is 407 g/mol. The van der Waals surface area contributed by atoms with Gasteiger partial charge in [0.05, 0.1) is 24.3 Å². The molecule has 0 amide bonds. The molecule has 0 spiro atoms. The van der Waals surface area contributed by atoms with Gasteiger partial charge in [-0.25, -0.2) is 12.8 Å². The first-order chi connectivity index (χ1) is 13.3. The van der Waals surface area contributed by atoms with Crippen LogP contribution in [0.2, 0.25) is 0 Å². The summed E-state index contributed by atoms with van der Waals surface area (Å²) < 4.78 is 38.0. The molecule has 2 heterocycles. The second kappa shape index (κ2) is 7.38. The average Bonchev–Trinajstić information content (AvgIpc) is 3.37. The maximum absolute atomic E-state index is 13.1. The minimum atomic E-state index is -3.19. The van der Waals surface area contributed by atoms with E-state index in [0.29, 0.717) is 37.5 Å². The molecular formula is C20H27FN4O2S. The molecule has 152 valence electrons. The Bertz CT molecular complexity index is 853. The Morgan fingerprint density at radius 1 is 1.25 bits per heavy atom. The van der Waals surface area contributed by atoms with Crippen LogP contribution in [0.4, 0.5) is 4.39 Å². The molecule has 1 saturated carbocycles. The summed E-state index contributed by atoms with van der Waals surface area (Å²) in [7, 11) is -3.19. The first kappa shape index (κ1) is 19.8. The van der Waals surface area contributed by atoms with Crippen LogP contribution in [0.15, 0.2) is 24.3 Å². The number of rotatable bonds is 6. The highest BCUT2D eigenvalue weighted by atomic mass is 32.2. The van der Waals surface area contributed by atoms with Gasteiger partial charge in [-0.1, -0.05) is 12.1 Å². The van der Waals surface area contributed by atoms with Gasteiger partial charge in [0.25, 0.3) is 0 Å². The first-order valence-electron chi connectivity index (χ1n) is 9.89. The number of benzene rings is 1. The molecule has 0 aromatic heterocycles. The highest BCUT2D eigenvalue weighted by Crippen LogP contribution is 2.42. The van der Waals surface area contributed by atoms with Crippen molar-refractivity contribution in [2.45, 2.75) is 49.2 Å². The highest BCUT2D eigenvalue weighted by Gasteiger charge is 2.51. The van der Waals surface area contributed by atoms with Crippen molar-refractivity contribution in [3.63, 3.8) is 0 Å². The smallest absolute Gasteiger partial charge is 0.211 e. The third-order valence-electron chi connectivity index (χ3n) is 6.52. The first-order valence-corrected chi connectivity index (χ1v) is 11.7. The Hall–Kier alpha value is -1.53. The molecule has 8 heteroatoms. The molecule has 1 N–H and O–H groups in total. The zero-order valence-electron chi connectivity index (χ0n) is 16.1. The molecule has 2 aliphatic heterocycles. The van der Waals surface area contributed by atoms with Gasteiger partial charge < -0.3 is 5.32 Å². The van der Waals surface area contributed by atoms with Crippen molar-refractivity contribution in [1.82, 2.24) is 14.5 Å². The number of hydrogen-bond acceptors (Lipinski definition) is 5. The second-order valence-electron chi connectivity index (χ2n) is 8.52. The van der Waals surface area contributed by atoms with E-state index < -0.39 is 10.0 Å². The predicted octanol–water partition coefficient (Wildman–Crippen LogP) is 1.66. The van der Waals surface area contributed by atoms with Crippen molar-refractivity contribution in [1.29, 1.82) is 5.26 Å². The highest BCUT2D eigenvalue weighted by molar-refractivity contribution is 7.88. The van der Waals surface area contributed by atoms with Crippen molar-refractivity contribution in [2.24, 2.45) is 0 Å².